The van der Waals surface area contributed by atoms with Crippen molar-refractivity contribution in [2.24, 2.45) is 4.99 Å². The number of esters is 1. The lowest BCUT2D eigenvalue weighted by Gasteiger charge is -2.16. The van der Waals surface area contributed by atoms with E-state index in [2.05, 4.69) is 45.9 Å². The van der Waals surface area contributed by atoms with Crippen LogP contribution in [0.5, 0.6) is 0 Å². The largest absolute Gasteiger partial charge is 0.469 e. The third kappa shape index (κ3) is 5.19. The van der Waals surface area contributed by atoms with Crippen LogP contribution in [-0.2, 0) is 16.1 Å². The average Bonchev–Trinajstić information content (AvgIpc) is 3.59. The summed E-state index contributed by atoms with van der Waals surface area (Å²) in [7, 11) is 1.43. The minimum absolute atomic E-state index is 0.0226. The number of hydrogen-bond acceptors (Lipinski definition) is 6. The Bertz CT molecular complexity index is 1150. The predicted molar refractivity (Wildman–Crippen MR) is 137 cm³/mol. The molecule has 33 heavy (non-hydrogen) atoms. The molecule has 172 valence electrons. The summed E-state index contributed by atoms with van der Waals surface area (Å²) in [5.41, 5.74) is 5.66. The van der Waals surface area contributed by atoms with Gasteiger partial charge in [-0.25, -0.2) is 0 Å². The maximum atomic E-state index is 11.6. The number of benzene rings is 2. The molecule has 3 aromatic rings. The molecule has 1 atom stereocenters. The molecule has 1 fully saturated rings. The van der Waals surface area contributed by atoms with Crippen molar-refractivity contribution < 1.29 is 9.53 Å². The highest BCUT2D eigenvalue weighted by molar-refractivity contribution is 8.14. The molecule has 6 nitrogen and oxygen atoms in total. The third-order valence-corrected chi connectivity index (χ3v) is 7.50. The molecule has 0 saturated heterocycles. The molecule has 2 aliphatic rings. The molecule has 5 rings (SSSR count). The third-order valence-electron chi connectivity index (χ3n) is 6.35. The van der Waals surface area contributed by atoms with Gasteiger partial charge in [-0.15, -0.1) is 11.8 Å². The first-order chi connectivity index (χ1) is 16.2. The highest BCUT2D eigenvalue weighted by Crippen LogP contribution is 2.33. The van der Waals surface area contributed by atoms with Crippen molar-refractivity contribution in [1.82, 2.24) is 4.98 Å². The smallest absolute Gasteiger partial charge is 0.307 e. The number of carbonyl (C=O) groups is 1. The summed E-state index contributed by atoms with van der Waals surface area (Å²) in [6.07, 6.45) is 5.36. The molecule has 2 heterocycles. The predicted octanol–water partition coefficient (Wildman–Crippen LogP) is 5.56. The second-order valence-electron chi connectivity index (χ2n) is 8.82. The van der Waals surface area contributed by atoms with Crippen molar-refractivity contribution in [2.45, 2.75) is 50.7 Å². The minimum Gasteiger partial charge on any atom is -0.469 e. The fourth-order valence-corrected chi connectivity index (χ4v) is 5.66. The molecular formula is C26H30N4O2S. The van der Waals surface area contributed by atoms with Gasteiger partial charge in [0.05, 0.1) is 36.5 Å². The number of nitrogens with one attached hydrogen (secondary N) is 3. The molecule has 0 unspecified atom stereocenters. The number of rotatable bonds is 8. The van der Waals surface area contributed by atoms with Crippen LogP contribution in [0.15, 0.2) is 53.5 Å². The molecule has 0 bridgehead atoms. The van der Waals surface area contributed by atoms with Gasteiger partial charge in [-0.3, -0.25) is 9.79 Å². The number of aliphatic imine (C=N–C) groups is 1. The first kappa shape index (κ1) is 21.9. The van der Waals surface area contributed by atoms with E-state index in [-0.39, 0.29) is 12.0 Å². The molecule has 3 N–H and O–H groups in total. The average molecular weight is 463 g/mol. The summed E-state index contributed by atoms with van der Waals surface area (Å²) in [6, 6.07) is 17.5. The molecule has 0 amide bonds. The van der Waals surface area contributed by atoms with Gasteiger partial charge in [0.2, 0.25) is 0 Å². The Morgan fingerprint density at radius 2 is 2.00 bits per heavy atom. The van der Waals surface area contributed by atoms with E-state index in [9.17, 15) is 4.79 Å². The number of aromatic amines is 1. The number of ether oxygens (including phenoxy) is 1. The van der Waals surface area contributed by atoms with Crippen LogP contribution in [0.2, 0.25) is 0 Å². The fraction of sp³-hybridized carbons (Fsp3) is 0.385. The Morgan fingerprint density at radius 3 is 2.79 bits per heavy atom. The first-order valence-corrected chi connectivity index (χ1v) is 12.7. The zero-order valence-corrected chi connectivity index (χ0v) is 19.7. The van der Waals surface area contributed by atoms with Crippen LogP contribution in [0.3, 0.4) is 0 Å². The monoisotopic (exact) mass is 462 g/mol. The number of carbonyl (C=O) groups excluding carboxylic acids is 1. The van der Waals surface area contributed by atoms with Gasteiger partial charge in [-0.1, -0.05) is 31.0 Å². The second kappa shape index (κ2) is 9.91. The van der Waals surface area contributed by atoms with E-state index in [1.54, 1.807) is 11.8 Å². The number of aromatic nitrogens is 1. The molecule has 1 aliphatic heterocycles. The second-order valence-corrected chi connectivity index (χ2v) is 9.82. The Labute approximate surface area is 198 Å². The van der Waals surface area contributed by atoms with E-state index >= 15 is 0 Å². The molecule has 2 aromatic carbocycles. The van der Waals surface area contributed by atoms with E-state index in [0.717, 1.165) is 39.9 Å². The van der Waals surface area contributed by atoms with Gasteiger partial charge in [-0.2, -0.15) is 0 Å². The van der Waals surface area contributed by atoms with Gasteiger partial charge in [0, 0.05) is 29.4 Å². The number of fused-ring (bicyclic) bond motifs is 1. The molecule has 1 aliphatic carbocycles. The number of para-hydroxylation sites is 1. The summed E-state index contributed by atoms with van der Waals surface area (Å²) >= 11 is 1.70. The van der Waals surface area contributed by atoms with Crippen molar-refractivity contribution in [1.29, 1.82) is 0 Å². The van der Waals surface area contributed by atoms with Crippen LogP contribution < -0.4 is 10.6 Å². The lowest BCUT2D eigenvalue weighted by molar-refractivity contribution is -0.140. The molecular weight excluding hydrogens is 432 g/mol. The summed E-state index contributed by atoms with van der Waals surface area (Å²) < 4.78 is 4.81. The number of methoxy groups -OCH3 is 1. The standard InChI is InChI=1S/C26H30N4O2S/c1-32-24(31)14-21-16-33-26(29-21)23-13-18-11-17(15-27-19-7-3-2-4-8-19)12-22(25(18)30-23)28-20-9-5-6-10-20/h2-4,7-8,11-13,20-21,27-28,30H,5-6,9-10,14-16H2,1H3/t21-/m1/s1. The zero-order valence-electron chi connectivity index (χ0n) is 18.9. The molecule has 0 spiro atoms. The van der Waals surface area contributed by atoms with Crippen LogP contribution in [0, 0.1) is 0 Å². The van der Waals surface area contributed by atoms with E-state index in [1.807, 2.05) is 18.2 Å². The van der Waals surface area contributed by atoms with Crippen LogP contribution in [0.25, 0.3) is 10.9 Å². The van der Waals surface area contributed by atoms with Crippen molar-refractivity contribution >= 4 is 45.1 Å². The number of hydrogen-bond donors (Lipinski definition) is 3. The summed E-state index contributed by atoms with van der Waals surface area (Å²) in [4.78, 5) is 20.0. The summed E-state index contributed by atoms with van der Waals surface area (Å²) in [5.74, 6) is 0.597. The SMILES string of the molecule is COC(=O)C[C@@H]1CSC(c2cc3cc(CNc4ccccc4)cc(NC4CCCC4)c3[nH]2)=N1. The number of anilines is 2. The maximum absolute atomic E-state index is 11.6. The first-order valence-electron chi connectivity index (χ1n) is 11.7. The van der Waals surface area contributed by atoms with E-state index in [0.29, 0.717) is 12.5 Å². The summed E-state index contributed by atoms with van der Waals surface area (Å²) in [5, 5.41) is 9.48. The lowest BCUT2D eigenvalue weighted by atomic mass is 10.1. The van der Waals surface area contributed by atoms with Crippen LogP contribution >= 0.6 is 11.8 Å². The number of thioether (sulfide) groups is 1. The van der Waals surface area contributed by atoms with E-state index in [1.165, 1.54) is 43.7 Å². The van der Waals surface area contributed by atoms with Crippen LogP contribution in [0.4, 0.5) is 11.4 Å². The van der Waals surface area contributed by atoms with Gasteiger partial charge in [-0.05, 0) is 48.7 Å². The molecule has 0 radical (unpaired) electrons. The maximum Gasteiger partial charge on any atom is 0.307 e. The van der Waals surface area contributed by atoms with Gasteiger partial charge in [0.1, 0.15) is 5.04 Å². The Balaban J connectivity index is 1.42. The summed E-state index contributed by atoms with van der Waals surface area (Å²) in [6.45, 7) is 0.761. The topological polar surface area (TPSA) is 78.5 Å². The molecule has 7 heteroatoms. The number of H-pyrrole nitrogens is 1. The van der Waals surface area contributed by atoms with Crippen molar-refractivity contribution in [2.75, 3.05) is 23.5 Å². The van der Waals surface area contributed by atoms with E-state index < -0.39 is 0 Å². The molecule has 1 aromatic heterocycles. The van der Waals surface area contributed by atoms with Crippen LogP contribution in [0.1, 0.15) is 43.4 Å². The zero-order chi connectivity index (χ0) is 22.6. The quantitative estimate of drug-likeness (QED) is 0.382. The van der Waals surface area contributed by atoms with Gasteiger partial charge >= 0.3 is 5.97 Å². The van der Waals surface area contributed by atoms with Crippen molar-refractivity contribution in [3.63, 3.8) is 0 Å². The van der Waals surface area contributed by atoms with Gasteiger partial charge < -0.3 is 20.4 Å². The van der Waals surface area contributed by atoms with Gasteiger partial charge in [0.15, 0.2) is 0 Å². The van der Waals surface area contributed by atoms with Crippen LogP contribution in [-0.4, -0.2) is 40.9 Å². The Hall–Kier alpha value is -2.93. The highest BCUT2D eigenvalue weighted by atomic mass is 32.2. The number of nitrogens with zero attached hydrogens (tertiary/aromatic N) is 1. The highest BCUT2D eigenvalue weighted by Gasteiger charge is 2.24. The Morgan fingerprint density at radius 1 is 1.18 bits per heavy atom. The van der Waals surface area contributed by atoms with Crippen molar-refractivity contribution in [3.05, 3.63) is 59.8 Å². The Kier molecular flexibility index (Phi) is 6.58. The van der Waals surface area contributed by atoms with Crippen molar-refractivity contribution in [3.8, 4) is 0 Å². The van der Waals surface area contributed by atoms with E-state index in [4.69, 9.17) is 9.73 Å². The van der Waals surface area contributed by atoms with Gasteiger partial charge in [0.25, 0.3) is 0 Å². The lowest BCUT2D eigenvalue weighted by Crippen LogP contribution is -2.15. The molecule has 1 saturated carbocycles. The fourth-order valence-electron chi connectivity index (χ4n) is 4.63. The normalized spacial score (nSPS) is 18.5. The minimum atomic E-state index is -0.208.